The van der Waals surface area contributed by atoms with Gasteiger partial charge in [0, 0.05) is 13.1 Å². The number of aliphatic hydroxyl groups excluding tert-OH is 1. The van der Waals surface area contributed by atoms with Gasteiger partial charge in [-0.3, -0.25) is 4.79 Å². The highest BCUT2D eigenvalue weighted by molar-refractivity contribution is 5.82. The fourth-order valence-corrected chi connectivity index (χ4v) is 1.87. The zero-order chi connectivity index (χ0) is 15.1. The molecule has 2 atom stereocenters. The molecule has 1 aromatic rings. The van der Waals surface area contributed by atoms with Crippen LogP contribution < -0.4 is 4.74 Å². The number of likely N-dealkylation sites (N-methyl/N-ethyl adjacent to an activating group) is 1. The summed E-state index contributed by atoms with van der Waals surface area (Å²) < 4.78 is 5.07. The Morgan fingerprint density at radius 2 is 2.25 bits per heavy atom. The molecule has 5 heteroatoms. The maximum Gasteiger partial charge on any atom is 0.256 e. The van der Waals surface area contributed by atoms with Gasteiger partial charge in [-0.05, 0) is 31.5 Å². The summed E-state index contributed by atoms with van der Waals surface area (Å²) in [6, 6.07) is 8.86. The van der Waals surface area contributed by atoms with E-state index < -0.39 is 12.0 Å². The highest BCUT2D eigenvalue weighted by atomic mass is 16.5. The predicted molar refractivity (Wildman–Crippen MR) is 75.0 cm³/mol. The molecule has 1 N–H and O–H groups in total. The quantitative estimate of drug-likeness (QED) is 0.858. The number of hydrogen-bond acceptors (Lipinski definition) is 4. The second-order valence-corrected chi connectivity index (χ2v) is 4.59. The molecular weight excluding hydrogens is 256 g/mol. The SMILES string of the molecule is CCN(CC(C)C#N)C(=O)C(O)c1cccc(OC)c1. The molecule has 0 radical (unpaired) electrons. The molecule has 0 saturated carbocycles. The van der Waals surface area contributed by atoms with Crippen LogP contribution in [0.4, 0.5) is 0 Å². The Hall–Kier alpha value is -2.06. The first-order chi connectivity index (χ1) is 9.53. The normalized spacial score (nSPS) is 13.2. The third kappa shape index (κ3) is 3.97. The van der Waals surface area contributed by atoms with Crippen LogP contribution in [0, 0.1) is 17.2 Å². The van der Waals surface area contributed by atoms with Gasteiger partial charge in [0.25, 0.3) is 5.91 Å². The average molecular weight is 276 g/mol. The van der Waals surface area contributed by atoms with Crippen LogP contribution in [-0.2, 0) is 4.79 Å². The molecule has 0 aliphatic heterocycles. The lowest BCUT2D eigenvalue weighted by atomic mass is 10.1. The van der Waals surface area contributed by atoms with E-state index in [0.717, 1.165) is 0 Å². The lowest BCUT2D eigenvalue weighted by Gasteiger charge is -2.25. The van der Waals surface area contributed by atoms with Crippen LogP contribution in [0.5, 0.6) is 5.75 Å². The summed E-state index contributed by atoms with van der Waals surface area (Å²) in [5.74, 6) is -0.0814. The lowest BCUT2D eigenvalue weighted by Crippen LogP contribution is -2.37. The van der Waals surface area contributed by atoms with E-state index >= 15 is 0 Å². The van der Waals surface area contributed by atoms with Crippen molar-refractivity contribution in [1.29, 1.82) is 5.26 Å². The number of nitriles is 1. The maximum absolute atomic E-state index is 12.3. The monoisotopic (exact) mass is 276 g/mol. The summed E-state index contributed by atoms with van der Waals surface area (Å²) in [6.07, 6.45) is -1.24. The summed E-state index contributed by atoms with van der Waals surface area (Å²) >= 11 is 0. The van der Waals surface area contributed by atoms with E-state index in [4.69, 9.17) is 10.00 Å². The molecule has 108 valence electrons. The molecule has 1 rings (SSSR count). The number of benzene rings is 1. The van der Waals surface area contributed by atoms with E-state index in [1.54, 1.807) is 31.2 Å². The summed E-state index contributed by atoms with van der Waals surface area (Å²) in [4.78, 5) is 13.7. The Labute approximate surface area is 119 Å². The van der Waals surface area contributed by atoms with Gasteiger partial charge in [-0.2, -0.15) is 5.26 Å². The van der Waals surface area contributed by atoms with Crippen molar-refractivity contribution in [2.45, 2.75) is 20.0 Å². The lowest BCUT2D eigenvalue weighted by molar-refractivity contribution is -0.140. The Balaban J connectivity index is 2.85. The fraction of sp³-hybridized carbons (Fsp3) is 0.467. The fourth-order valence-electron chi connectivity index (χ4n) is 1.87. The molecule has 0 fully saturated rings. The van der Waals surface area contributed by atoms with E-state index in [1.165, 1.54) is 12.0 Å². The number of ether oxygens (including phenoxy) is 1. The highest BCUT2D eigenvalue weighted by Gasteiger charge is 2.24. The van der Waals surface area contributed by atoms with E-state index in [0.29, 0.717) is 24.4 Å². The summed E-state index contributed by atoms with van der Waals surface area (Å²) in [5.41, 5.74) is 0.484. The van der Waals surface area contributed by atoms with Crippen molar-refractivity contribution in [1.82, 2.24) is 4.90 Å². The first kappa shape index (κ1) is 16.0. The van der Waals surface area contributed by atoms with E-state index in [2.05, 4.69) is 6.07 Å². The minimum atomic E-state index is -1.24. The zero-order valence-electron chi connectivity index (χ0n) is 12.0. The first-order valence-corrected chi connectivity index (χ1v) is 6.53. The topological polar surface area (TPSA) is 73.6 Å². The summed E-state index contributed by atoms with van der Waals surface area (Å²) in [7, 11) is 1.53. The number of methoxy groups -OCH3 is 1. The van der Waals surface area contributed by atoms with Crippen molar-refractivity contribution < 1.29 is 14.6 Å². The molecule has 20 heavy (non-hydrogen) atoms. The minimum Gasteiger partial charge on any atom is -0.497 e. The van der Waals surface area contributed by atoms with Gasteiger partial charge in [0.2, 0.25) is 0 Å². The number of rotatable bonds is 6. The van der Waals surface area contributed by atoms with Crippen molar-refractivity contribution >= 4 is 5.91 Å². The first-order valence-electron chi connectivity index (χ1n) is 6.53. The van der Waals surface area contributed by atoms with Gasteiger partial charge in [0.05, 0.1) is 19.1 Å². The summed E-state index contributed by atoms with van der Waals surface area (Å²) in [6.45, 7) is 4.33. The molecule has 0 bridgehead atoms. The van der Waals surface area contributed by atoms with Crippen molar-refractivity contribution in [2.75, 3.05) is 20.2 Å². The number of hydrogen-bond donors (Lipinski definition) is 1. The van der Waals surface area contributed by atoms with Gasteiger partial charge < -0.3 is 14.7 Å². The van der Waals surface area contributed by atoms with Gasteiger partial charge in [-0.15, -0.1) is 0 Å². The van der Waals surface area contributed by atoms with Crippen LogP contribution in [0.25, 0.3) is 0 Å². The van der Waals surface area contributed by atoms with Crippen LogP contribution in [0.15, 0.2) is 24.3 Å². The van der Waals surface area contributed by atoms with Crippen LogP contribution in [0.2, 0.25) is 0 Å². The molecule has 5 nitrogen and oxygen atoms in total. The average Bonchev–Trinajstić information content (AvgIpc) is 2.50. The Morgan fingerprint density at radius 1 is 1.55 bits per heavy atom. The second-order valence-electron chi connectivity index (χ2n) is 4.59. The van der Waals surface area contributed by atoms with Crippen molar-refractivity contribution in [3.8, 4) is 11.8 Å². The van der Waals surface area contributed by atoms with Crippen molar-refractivity contribution in [2.24, 2.45) is 5.92 Å². The Kier molecular flexibility index (Phi) is 6.01. The van der Waals surface area contributed by atoms with Crippen LogP contribution >= 0.6 is 0 Å². The van der Waals surface area contributed by atoms with Gasteiger partial charge >= 0.3 is 0 Å². The largest absolute Gasteiger partial charge is 0.497 e. The highest BCUT2D eigenvalue weighted by Crippen LogP contribution is 2.21. The number of nitrogens with zero attached hydrogens (tertiary/aromatic N) is 2. The zero-order valence-corrected chi connectivity index (χ0v) is 12.0. The van der Waals surface area contributed by atoms with Gasteiger partial charge in [-0.1, -0.05) is 12.1 Å². The predicted octanol–water partition coefficient (Wildman–Crippen LogP) is 1.74. The Bertz CT molecular complexity index is 496. The maximum atomic E-state index is 12.3. The molecule has 0 aliphatic carbocycles. The van der Waals surface area contributed by atoms with E-state index in [1.807, 2.05) is 6.92 Å². The smallest absolute Gasteiger partial charge is 0.256 e. The van der Waals surface area contributed by atoms with Crippen molar-refractivity contribution in [3.05, 3.63) is 29.8 Å². The molecule has 1 aromatic carbocycles. The number of aliphatic hydroxyl groups is 1. The van der Waals surface area contributed by atoms with E-state index in [-0.39, 0.29) is 5.92 Å². The molecule has 0 aromatic heterocycles. The molecule has 1 amide bonds. The molecule has 0 aliphatic rings. The molecular formula is C15H20N2O3. The third-order valence-electron chi connectivity index (χ3n) is 3.05. The third-order valence-corrected chi connectivity index (χ3v) is 3.05. The minimum absolute atomic E-state index is 0.267. The van der Waals surface area contributed by atoms with Crippen LogP contribution in [0.3, 0.4) is 0 Å². The molecule has 0 saturated heterocycles. The van der Waals surface area contributed by atoms with Crippen molar-refractivity contribution in [3.63, 3.8) is 0 Å². The van der Waals surface area contributed by atoms with Gasteiger partial charge in [-0.25, -0.2) is 0 Å². The number of amides is 1. The summed E-state index contributed by atoms with van der Waals surface area (Å²) in [5, 5.41) is 19.0. The Morgan fingerprint density at radius 3 is 2.80 bits per heavy atom. The number of carbonyl (C=O) groups is 1. The standard InChI is InChI=1S/C15H20N2O3/c1-4-17(10-11(2)9-16)15(19)14(18)12-6-5-7-13(8-12)20-3/h5-8,11,14,18H,4,10H2,1-3H3. The second kappa shape index (κ2) is 7.51. The van der Waals surface area contributed by atoms with Crippen LogP contribution in [-0.4, -0.2) is 36.1 Å². The molecule has 2 unspecified atom stereocenters. The van der Waals surface area contributed by atoms with E-state index in [9.17, 15) is 9.90 Å². The molecule has 0 spiro atoms. The van der Waals surface area contributed by atoms with Crippen LogP contribution in [0.1, 0.15) is 25.5 Å². The van der Waals surface area contributed by atoms with Gasteiger partial charge in [0.1, 0.15) is 5.75 Å². The van der Waals surface area contributed by atoms with Gasteiger partial charge in [0.15, 0.2) is 6.10 Å². The molecule has 0 heterocycles. The number of carbonyl (C=O) groups excluding carboxylic acids is 1.